The third-order valence-electron chi connectivity index (χ3n) is 4.18. The monoisotopic (exact) mass is 379 g/mol. The Bertz CT molecular complexity index is 574. The summed E-state index contributed by atoms with van der Waals surface area (Å²) in [7, 11) is 2.98. The van der Waals surface area contributed by atoms with E-state index in [1.807, 2.05) is 6.07 Å². The molecule has 1 atom stereocenters. The molecule has 1 unspecified atom stereocenters. The fourth-order valence-corrected chi connectivity index (χ4v) is 2.54. The molecule has 27 heavy (non-hydrogen) atoms. The van der Waals surface area contributed by atoms with Crippen LogP contribution in [0.25, 0.3) is 6.08 Å². The minimum Gasteiger partial charge on any atom is -0.491 e. The predicted molar refractivity (Wildman–Crippen MR) is 106 cm³/mol. The van der Waals surface area contributed by atoms with Gasteiger partial charge in [-0.25, -0.2) is 0 Å². The van der Waals surface area contributed by atoms with Gasteiger partial charge in [0.1, 0.15) is 0 Å². The Morgan fingerprint density at radius 3 is 2.70 bits per heavy atom. The number of pyridine rings is 1. The van der Waals surface area contributed by atoms with E-state index in [4.69, 9.17) is 9.47 Å². The van der Waals surface area contributed by atoms with Crippen molar-refractivity contribution < 1.29 is 24.1 Å². The van der Waals surface area contributed by atoms with Gasteiger partial charge in [-0.15, -0.1) is 0 Å². The zero-order valence-corrected chi connectivity index (χ0v) is 16.8. The van der Waals surface area contributed by atoms with Crippen molar-refractivity contribution in [2.24, 2.45) is 0 Å². The van der Waals surface area contributed by atoms with Crippen LogP contribution >= 0.6 is 0 Å². The molecular formula is C21H33NO5. The molecule has 0 bridgehead atoms. The van der Waals surface area contributed by atoms with Crippen molar-refractivity contribution in [1.82, 2.24) is 4.98 Å². The van der Waals surface area contributed by atoms with Gasteiger partial charge in [0.05, 0.1) is 38.8 Å². The molecule has 1 aromatic heterocycles. The molecule has 0 aromatic carbocycles. The van der Waals surface area contributed by atoms with E-state index in [1.54, 1.807) is 25.5 Å². The predicted octanol–water partition coefficient (Wildman–Crippen LogP) is 4.16. The third-order valence-corrected chi connectivity index (χ3v) is 4.18. The molecule has 1 aromatic rings. The van der Waals surface area contributed by atoms with Gasteiger partial charge in [-0.2, -0.15) is 0 Å². The number of hydrogen-bond acceptors (Lipinski definition) is 6. The molecule has 152 valence electrons. The molecule has 6 nitrogen and oxygen atoms in total. The highest BCUT2D eigenvalue weighted by atomic mass is 16.5. The van der Waals surface area contributed by atoms with Crippen LogP contribution in [-0.4, -0.2) is 43.0 Å². The maximum Gasteiger partial charge on any atom is 0.305 e. The molecule has 0 spiro atoms. The Labute approximate surface area is 162 Å². The number of hydrogen-bond donors (Lipinski definition) is 1. The maximum atomic E-state index is 11.1. The molecule has 1 rings (SSSR count). The maximum absolute atomic E-state index is 11.1. The van der Waals surface area contributed by atoms with Crippen molar-refractivity contribution in [1.29, 1.82) is 0 Å². The van der Waals surface area contributed by atoms with Crippen molar-refractivity contribution in [3.63, 3.8) is 0 Å². The van der Waals surface area contributed by atoms with E-state index in [-0.39, 0.29) is 5.97 Å². The summed E-state index contributed by atoms with van der Waals surface area (Å²) in [5.74, 6) is 1.02. The Morgan fingerprint density at radius 1 is 1.19 bits per heavy atom. The van der Waals surface area contributed by atoms with Crippen molar-refractivity contribution in [3.8, 4) is 11.5 Å². The van der Waals surface area contributed by atoms with Gasteiger partial charge in [-0.05, 0) is 31.8 Å². The summed E-state index contributed by atoms with van der Waals surface area (Å²) in [6.07, 6.45) is 11.7. The van der Waals surface area contributed by atoms with Crippen LogP contribution in [0.2, 0.25) is 0 Å². The lowest BCUT2D eigenvalue weighted by molar-refractivity contribution is -0.140. The van der Waals surface area contributed by atoms with Gasteiger partial charge in [-0.3, -0.25) is 9.78 Å². The number of carbonyl (C=O) groups excluding carboxylic acids is 1. The summed E-state index contributed by atoms with van der Waals surface area (Å²) < 4.78 is 15.7. The molecule has 0 radical (unpaired) electrons. The van der Waals surface area contributed by atoms with Crippen molar-refractivity contribution in [2.45, 2.75) is 64.4 Å². The number of rotatable bonds is 14. The first-order valence-electron chi connectivity index (χ1n) is 9.70. The lowest BCUT2D eigenvalue weighted by atomic mass is 10.1. The number of carbonyl (C=O) groups is 1. The molecule has 0 saturated carbocycles. The van der Waals surface area contributed by atoms with E-state index in [9.17, 15) is 9.90 Å². The number of aliphatic hydroxyl groups is 1. The number of unbranched alkanes of at least 4 members (excludes halogenated alkanes) is 4. The Kier molecular flexibility index (Phi) is 11.9. The van der Waals surface area contributed by atoms with Gasteiger partial charge < -0.3 is 19.3 Å². The highest BCUT2D eigenvalue weighted by Crippen LogP contribution is 2.27. The smallest absolute Gasteiger partial charge is 0.305 e. The number of methoxy groups -OCH3 is 2. The average molecular weight is 379 g/mol. The molecule has 0 aliphatic carbocycles. The lowest BCUT2D eigenvalue weighted by Crippen LogP contribution is -2.03. The molecule has 0 fully saturated rings. The summed E-state index contributed by atoms with van der Waals surface area (Å²) in [6, 6.07) is 1.81. The number of esters is 1. The Morgan fingerprint density at radius 2 is 2.00 bits per heavy atom. The summed E-state index contributed by atoms with van der Waals surface area (Å²) >= 11 is 0. The molecular weight excluding hydrogens is 346 g/mol. The molecule has 0 amide bonds. The summed E-state index contributed by atoms with van der Waals surface area (Å²) in [5.41, 5.74) is 0.714. The van der Waals surface area contributed by atoms with E-state index in [2.05, 4.69) is 16.6 Å². The standard InChI is InChI=1S/C21H33NO5/c1-4-5-7-10-18(23)13-12-17-15-19(20(25-2)16-22-17)27-14-9-6-8-11-21(24)26-3/h12-13,15-16,18,23H,4-11,14H2,1-3H3. The normalized spacial score (nSPS) is 12.1. The molecule has 1 N–H and O–H groups in total. The number of nitrogens with zero attached hydrogens (tertiary/aromatic N) is 1. The molecule has 0 saturated heterocycles. The average Bonchev–Trinajstić information content (AvgIpc) is 2.69. The number of aromatic nitrogens is 1. The number of ether oxygens (including phenoxy) is 3. The largest absolute Gasteiger partial charge is 0.491 e. The summed E-state index contributed by atoms with van der Waals surface area (Å²) in [4.78, 5) is 15.4. The quantitative estimate of drug-likeness (QED) is 0.386. The van der Waals surface area contributed by atoms with Crippen LogP contribution in [0.5, 0.6) is 11.5 Å². The van der Waals surface area contributed by atoms with Crippen LogP contribution in [0.3, 0.4) is 0 Å². The Balaban J connectivity index is 2.48. The van der Waals surface area contributed by atoms with Gasteiger partial charge in [0.15, 0.2) is 11.5 Å². The molecule has 0 aliphatic heterocycles. The summed E-state index contributed by atoms with van der Waals surface area (Å²) in [6.45, 7) is 2.68. The highest BCUT2D eigenvalue weighted by Gasteiger charge is 2.07. The second-order valence-electron chi connectivity index (χ2n) is 6.42. The van der Waals surface area contributed by atoms with E-state index in [0.29, 0.717) is 30.2 Å². The first-order valence-corrected chi connectivity index (χ1v) is 9.70. The van der Waals surface area contributed by atoms with Crippen molar-refractivity contribution >= 4 is 12.0 Å². The van der Waals surface area contributed by atoms with Crippen LogP contribution in [-0.2, 0) is 9.53 Å². The first kappa shape index (κ1) is 23.0. The Hall–Kier alpha value is -2.08. The van der Waals surface area contributed by atoms with E-state index < -0.39 is 6.10 Å². The fourth-order valence-electron chi connectivity index (χ4n) is 2.54. The minimum absolute atomic E-state index is 0.181. The van der Waals surface area contributed by atoms with E-state index in [1.165, 1.54) is 7.11 Å². The van der Waals surface area contributed by atoms with Crippen LogP contribution in [0, 0.1) is 0 Å². The van der Waals surface area contributed by atoms with Gasteiger partial charge in [-0.1, -0.05) is 32.3 Å². The minimum atomic E-state index is -0.459. The lowest BCUT2D eigenvalue weighted by Gasteiger charge is -2.11. The van der Waals surface area contributed by atoms with Gasteiger partial charge in [0.2, 0.25) is 0 Å². The van der Waals surface area contributed by atoms with Gasteiger partial charge in [0, 0.05) is 12.5 Å². The zero-order chi connectivity index (χ0) is 19.9. The molecule has 6 heteroatoms. The first-order chi connectivity index (χ1) is 13.1. The van der Waals surface area contributed by atoms with Gasteiger partial charge >= 0.3 is 5.97 Å². The van der Waals surface area contributed by atoms with E-state index >= 15 is 0 Å². The van der Waals surface area contributed by atoms with Crippen LogP contribution in [0.1, 0.15) is 64.0 Å². The van der Waals surface area contributed by atoms with Crippen LogP contribution in [0.15, 0.2) is 18.3 Å². The SMILES string of the molecule is CCCCCC(O)C=Cc1cc(OCCCCCC(=O)OC)c(OC)cn1. The van der Waals surface area contributed by atoms with Crippen LogP contribution in [0.4, 0.5) is 0 Å². The third kappa shape index (κ3) is 9.99. The van der Waals surface area contributed by atoms with E-state index in [0.717, 1.165) is 44.9 Å². The second kappa shape index (κ2) is 14.0. The van der Waals surface area contributed by atoms with Crippen molar-refractivity contribution in [2.75, 3.05) is 20.8 Å². The molecule has 1 heterocycles. The second-order valence-corrected chi connectivity index (χ2v) is 6.42. The molecule has 0 aliphatic rings. The van der Waals surface area contributed by atoms with Gasteiger partial charge in [0.25, 0.3) is 0 Å². The number of aliphatic hydroxyl groups excluding tert-OH is 1. The zero-order valence-electron chi connectivity index (χ0n) is 16.8. The van der Waals surface area contributed by atoms with Crippen LogP contribution < -0.4 is 9.47 Å². The topological polar surface area (TPSA) is 77.9 Å². The fraction of sp³-hybridized carbons (Fsp3) is 0.619. The summed E-state index contributed by atoms with van der Waals surface area (Å²) in [5, 5.41) is 9.98. The highest BCUT2D eigenvalue weighted by molar-refractivity contribution is 5.68. The van der Waals surface area contributed by atoms with Crippen molar-refractivity contribution in [3.05, 3.63) is 24.0 Å².